The van der Waals surface area contributed by atoms with E-state index in [1.807, 2.05) is 22.8 Å². The van der Waals surface area contributed by atoms with E-state index < -0.39 is 0 Å². The number of rotatable bonds is 5. The molecule has 2 aliphatic rings. The van der Waals surface area contributed by atoms with Gasteiger partial charge in [0.15, 0.2) is 0 Å². The summed E-state index contributed by atoms with van der Waals surface area (Å²) < 4.78 is 1.96. The molecule has 1 aliphatic heterocycles. The van der Waals surface area contributed by atoms with E-state index in [1.54, 1.807) is 0 Å². The van der Waals surface area contributed by atoms with Crippen molar-refractivity contribution in [3.8, 4) is 0 Å². The zero-order valence-corrected chi connectivity index (χ0v) is 16.5. The lowest BCUT2D eigenvalue weighted by atomic mass is 10.1. The Kier molecular flexibility index (Phi) is 5.41. The second-order valence-electron chi connectivity index (χ2n) is 7.89. The number of fused-ring (bicyclic) bond motifs is 1. The van der Waals surface area contributed by atoms with E-state index in [-0.39, 0.29) is 11.6 Å². The van der Waals surface area contributed by atoms with Gasteiger partial charge in [-0.3, -0.25) is 14.3 Å². The SMILES string of the molecule is CCC(c1nc2c(c(=O)n1Cc1ccccc1)CCC2)N1CCN(C)CC1. The average molecular weight is 367 g/mol. The molecule has 5 nitrogen and oxygen atoms in total. The number of benzene rings is 1. The van der Waals surface area contributed by atoms with E-state index in [4.69, 9.17) is 4.98 Å². The van der Waals surface area contributed by atoms with Crippen molar-refractivity contribution in [1.29, 1.82) is 0 Å². The van der Waals surface area contributed by atoms with E-state index in [0.29, 0.717) is 6.54 Å². The normalized spacial score (nSPS) is 19.2. The van der Waals surface area contributed by atoms with Crippen LogP contribution < -0.4 is 5.56 Å². The van der Waals surface area contributed by atoms with E-state index in [1.165, 1.54) is 0 Å². The molecular formula is C22H30N4O. The van der Waals surface area contributed by atoms with Crippen LogP contribution >= 0.6 is 0 Å². The third kappa shape index (κ3) is 3.71. The lowest BCUT2D eigenvalue weighted by molar-refractivity contribution is 0.102. The van der Waals surface area contributed by atoms with Crippen molar-refractivity contribution in [2.24, 2.45) is 0 Å². The smallest absolute Gasteiger partial charge is 0.257 e. The summed E-state index contributed by atoms with van der Waals surface area (Å²) in [7, 11) is 2.18. The molecule has 0 amide bonds. The summed E-state index contributed by atoms with van der Waals surface area (Å²) in [6, 6.07) is 10.5. The lowest BCUT2D eigenvalue weighted by Gasteiger charge is -2.38. The van der Waals surface area contributed by atoms with E-state index >= 15 is 0 Å². The van der Waals surface area contributed by atoms with E-state index in [2.05, 4.69) is 35.9 Å². The minimum atomic E-state index is 0.184. The van der Waals surface area contributed by atoms with Gasteiger partial charge in [-0.1, -0.05) is 37.3 Å². The molecule has 1 fully saturated rings. The fraction of sp³-hybridized carbons (Fsp3) is 0.545. The monoisotopic (exact) mass is 366 g/mol. The van der Waals surface area contributed by atoms with Gasteiger partial charge in [0.1, 0.15) is 5.82 Å². The maximum atomic E-state index is 13.3. The maximum absolute atomic E-state index is 13.3. The number of hydrogen-bond acceptors (Lipinski definition) is 4. The molecule has 1 atom stereocenters. The maximum Gasteiger partial charge on any atom is 0.257 e. The minimum Gasteiger partial charge on any atom is -0.304 e. The van der Waals surface area contributed by atoms with Crippen LogP contribution in [0.25, 0.3) is 0 Å². The van der Waals surface area contributed by atoms with Crippen molar-refractivity contribution < 1.29 is 0 Å². The van der Waals surface area contributed by atoms with Gasteiger partial charge in [-0.15, -0.1) is 0 Å². The Morgan fingerprint density at radius 2 is 1.81 bits per heavy atom. The van der Waals surface area contributed by atoms with E-state index in [9.17, 15) is 4.79 Å². The molecule has 144 valence electrons. The van der Waals surface area contributed by atoms with Gasteiger partial charge in [0, 0.05) is 31.7 Å². The first-order chi connectivity index (χ1) is 13.2. The average Bonchev–Trinajstić information content (AvgIpc) is 3.16. The lowest BCUT2D eigenvalue weighted by Crippen LogP contribution is -2.47. The number of piperazine rings is 1. The Morgan fingerprint density at radius 3 is 2.52 bits per heavy atom. The van der Waals surface area contributed by atoms with Gasteiger partial charge >= 0.3 is 0 Å². The van der Waals surface area contributed by atoms with Crippen LogP contribution in [0.5, 0.6) is 0 Å². The second-order valence-corrected chi connectivity index (χ2v) is 7.89. The fourth-order valence-electron chi connectivity index (χ4n) is 4.46. The highest BCUT2D eigenvalue weighted by atomic mass is 16.1. The van der Waals surface area contributed by atoms with Crippen LogP contribution in [0.1, 0.15) is 48.5 Å². The first-order valence-corrected chi connectivity index (χ1v) is 10.3. The molecule has 4 rings (SSSR count). The molecule has 1 unspecified atom stereocenters. The van der Waals surface area contributed by atoms with Crippen molar-refractivity contribution in [3.63, 3.8) is 0 Å². The predicted molar refractivity (Wildman–Crippen MR) is 108 cm³/mol. The van der Waals surface area contributed by atoms with Crippen LogP contribution in [0.4, 0.5) is 0 Å². The molecule has 2 heterocycles. The number of nitrogens with zero attached hydrogens (tertiary/aromatic N) is 4. The third-order valence-electron chi connectivity index (χ3n) is 6.06. The Bertz CT molecular complexity index is 837. The van der Waals surface area contributed by atoms with Gasteiger partial charge in [-0.05, 0) is 38.3 Å². The summed E-state index contributed by atoms with van der Waals surface area (Å²) in [5.41, 5.74) is 3.34. The number of aryl methyl sites for hydroxylation is 1. The van der Waals surface area contributed by atoms with Gasteiger partial charge in [0.25, 0.3) is 5.56 Å². The van der Waals surface area contributed by atoms with Crippen molar-refractivity contribution in [2.45, 2.75) is 45.2 Å². The number of likely N-dealkylation sites (N-methyl/N-ethyl adjacent to an activating group) is 1. The number of aromatic nitrogens is 2. The summed E-state index contributed by atoms with van der Waals surface area (Å²) in [6.45, 7) is 7.05. The highest BCUT2D eigenvalue weighted by Crippen LogP contribution is 2.26. The largest absolute Gasteiger partial charge is 0.304 e. The molecule has 0 radical (unpaired) electrons. The topological polar surface area (TPSA) is 41.4 Å². The molecule has 0 saturated carbocycles. The molecule has 5 heteroatoms. The Morgan fingerprint density at radius 1 is 1.07 bits per heavy atom. The molecule has 1 aliphatic carbocycles. The van der Waals surface area contributed by atoms with Gasteiger partial charge in [-0.25, -0.2) is 4.98 Å². The molecule has 1 saturated heterocycles. The molecule has 1 aromatic carbocycles. The summed E-state index contributed by atoms with van der Waals surface area (Å²) >= 11 is 0. The summed E-state index contributed by atoms with van der Waals surface area (Å²) in [5.74, 6) is 0.969. The van der Waals surface area contributed by atoms with Crippen molar-refractivity contribution >= 4 is 0 Å². The first kappa shape index (κ1) is 18.4. The Labute approximate surface area is 161 Å². The van der Waals surface area contributed by atoms with Gasteiger partial charge < -0.3 is 4.90 Å². The highest BCUT2D eigenvalue weighted by Gasteiger charge is 2.29. The molecule has 0 N–H and O–H groups in total. The van der Waals surface area contributed by atoms with Crippen LogP contribution in [0.3, 0.4) is 0 Å². The molecule has 27 heavy (non-hydrogen) atoms. The van der Waals surface area contributed by atoms with E-state index in [0.717, 1.165) is 74.5 Å². The highest BCUT2D eigenvalue weighted by molar-refractivity contribution is 5.26. The molecule has 2 aromatic rings. The summed E-state index contributed by atoms with van der Waals surface area (Å²) in [4.78, 5) is 23.3. The van der Waals surface area contributed by atoms with Crippen LogP contribution in [0.15, 0.2) is 35.1 Å². The predicted octanol–water partition coefficient (Wildman–Crippen LogP) is 2.48. The molecule has 0 spiro atoms. The van der Waals surface area contributed by atoms with Crippen molar-refractivity contribution in [2.75, 3.05) is 33.2 Å². The molecule has 0 bridgehead atoms. The van der Waals surface area contributed by atoms with Crippen LogP contribution in [0.2, 0.25) is 0 Å². The molecule has 1 aromatic heterocycles. The fourth-order valence-corrected chi connectivity index (χ4v) is 4.46. The van der Waals surface area contributed by atoms with Crippen LogP contribution in [-0.2, 0) is 19.4 Å². The summed E-state index contributed by atoms with van der Waals surface area (Å²) in [5, 5.41) is 0. The zero-order chi connectivity index (χ0) is 18.8. The summed E-state index contributed by atoms with van der Waals surface area (Å²) in [6.07, 6.45) is 3.85. The standard InChI is InChI=1S/C22H30N4O/c1-3-20(25-14-12-24(2)13-15-25)21-23-19-11-7-10-18(19)22(27)26(21)16-17-8-5-4-6-9-17/h4-6,8-9,20H,3,7,10-16H2,1-2H3. The van der Waals surface area contributed by atoms with Crippen LogP contribution in [0, 0.1) is 0 Å². The molecular weight excluding hydrogens is 336 g/mol. The van der Waals surface area contributed by atoms with Gasteiger partial charge in [-0.2, -0.15) is 0 Å². The first-order valence-electron chi connectivity index (χ1n) is 10.3. The van der Waals surface area contributed by atoms with Crippen molar-refractivity contribution in [1.82, 2.24) is 19.4 Å². The minimum absolute atomic E-state index is 0.184. The quantitative estimate of drug-likeness (QED) is 0.815. The zero-order valence-electron chi connectivity index (χ0n) is 16.5. The van der Waals surface area contributed by atoms with Gasteiger partial charge in [0.05, 0.1) is 18.3 Å². The third-order valence-corrected chi connectivity index (χ3v) is 6.06. The second kappa shape index (κ2) is 7.95. The van der Waals surface area contributed by atoms with Crippen molar-refractivity contribution in [3.05, 3.63) is 63.3 Å². The van der Waals surface area contributed by atoms with Crippen LogP contribution in [-0.4, -0.2) is 52.6 Å². The Hall–Kier alpha value is -1.98. The Balaban J connectivity index is 1.76. The van der Waals surface area contributed by atoms with Gasteiger partial charge in [0.2, 0.25) is 0 Å². The number of hydrogen-bond donors (Lipinski definition) is 0.